The number of aromatic nitrogens is 2. The van der Waals surface area contributed by atoms with Gasteiger partial charge in [-0.1, -0.05) is 24.3 Å². The van der Waals surface area contributed by atoms with Crippen molar-refractivity contribution in [3.63, 3.8) is 0 Å². The molecule has 1 aliphatic heterocycles. The van der Waals surface area contributed by atoms with Crippen LogP contribution >= 0.6 is 0 Å². The normalized spacial score (nSPS) is 18.2. The minimum absolute atomic E-state index is 0.234. The van der Waals surface area contributed by atoms with Crippen LogP contribution in [0.4, 0.5) is 4.39 Å². The van der Waals surface area contributed by atoms with Crippen LogP contribution in [0.2, 0.25) is 0 Å². The van der Waals surface area contributed by atoms with Gasteiger partial charge in [0.15, 0.2) is 0 Å². The van der Waals surface area contributed by atoms with E-state index in [1.165, 1.54) is 23.3 Å². The van der Waals surface area contributed by atoms with E-state index in [1.54, 1.807) is 6.07 Å². The third kappa shape index (κ3) is 3.43. The summed E-state index contributed by atoms with van der Waals surface area (Å²) in [6, 6.07) is 13.6. The molecule has 0 radical (unpaired) electrons. The third-order valence-corrected chi connectivity index (χ3v) is 4.95. The predicted octanol–water partition coefficient (Wildman–Crippen LogP) is 3.54. The molecule has 0 spiro atoms. The Labute approximate surface area is 146 Å². The Bertz CT molecular complexity index is 873. The summed E-state index contributed by atoms with van der Waals surface area (Å²) in [5, 5.41) is 0. The van der Waals surface area contributed by atoms with Crippen LogP contribution in [0.25, 0.3) is 11.0 Å². The van der Waals surface area contributed by atoms with Gasteiger partial charge in [-0.05, 0) is 61.7 Å². The van der Waals surface area contributed by atoms with E-state index in [-0.39, 0.29) is 11.9 Å². The molecule has 4 rings (SSSR count). The van der Waals surface area contributed by atoms with Gasteiger partial charge in [-0.3, -0.25) is 4.90 Å². The molecule has 1 aliphatic rings. The number of likely N-dealkylation sites (tertiary alicyclic amines) is 1. The van der Waals surface area contributed by atoms with Crippen molar-refractivity contribution in [1.29, 1.82) is 0 Å². The molecular formula is C20H23FN4. The van der Waals surface area contributed by atoms with Crippen molar-refractivity contribution in [1.82, 2.24) is 14.9 Å². The van der Waals surface area contributed by atoms with Gasteiger partial charge >= 0.3 is 0 Å². The Kier molecular flexibility index (Phi) is 4.51. The van der Waals surface area contributed by atoms with Gasteiger partial charge in [0.1, 0.15) is 11.6 Å². The van der Waals surface area contributed by atoms with Crippen LogP contribution in [0, 0.1) is 5.82 Å². The van der Waals surface area contributed by atoms with Gasteiger partial charge in [0.2, 0.25) is 0 Å². The molecule has 0 aliphatic carbocycles. The van der Waals surface area contributed by atoms with Crippen LogP contribution in [0.15, 0.2) is 42.5 Å². The first-order valence-corrected chi connectivity index (χ1v) is 8.90. The molecule has 1 aromatic heterocycles. The molecule has 0 amide bonds. The quantitative estimate of drug-likeness (QED) is 0.748. The molecule has 0 bridgehead atoms. The van der Waals surface area contributed by atoms with Crippen molar-refractivity contribution in [3.8, 4) is 0 Å². The van der Waals surface area contributed by atoms with E-state index in [0.717, 1.165) is 49.2 Å². The van der Waals surface area contributed by atoms with Gasteiger partial charge in [-0.15, -0.1) is 0 Å². The van der Waals surface area contributed by atoms with Crippen LogP contribution in [0.5, 0.6) is 0 Å². The molecule has 1 fully saturated rings. The Hall–Kier alpha value is -2.24. The van der Waals surface area contributed by atoms with E-state index in [2.05, 4.69) is 34.1 Å². The first kappa shape index (κ1) is 16.2. The molecule has 5 heteroatoms. The molecule has 3 N–H and O–H groups in total. The lowest BCUT2D eigenvalue weighted by Crippen LogP contribution is -2.23. The zero-order chi connectivity index (χ0) is 17.2. The third-order valence-electron chi connectivity index (χ3n) is 4.95. The summed E-state index contributed by atoms with van der Waals surface area (Å²) in [7, 11) is 0. The maximum Gasteiger partial charge on any atom is 0.125 e. The van der Waals surface area contributed by atoms with Crippen molar-refractivity contribution in [2.75, 3.05) is 13.1 Å². The van der Waals surface area contributed by atoms with Crippen molar-refractivity contribution in [3.05, 3.63) is 65.2 Å². The fourth-order valence-electron chi connectivity index (χ4n) is 3.77. The number of nitrogens with zero attached hydrogens (tertiary/aromatic N) is 2. The summed E-state index contributed by atoms with van der Waals surface area (Å²) in [5.74, 6) is 0.707. The van der Waals surface area contributed by atoms with E-state index in [4.69, 9.17) is 10.7 Å². The number of nitrogens with two attached hydrogens (primary N) is 1. The van der Waals surface area contributed by atoms with Gasteiger partial charge in [-0.25, -0.2) is 9.37 Å². The van der Waals surface area contributed by atoms with Crippen molar-refractivity contribution in [2.24, 2.45) is 5.73 Å². The predicted molar refractivity (Wildman–Crippen MR) is 97.6 cm³/mol. The zero-order valence-electron chi connectivity index (χ0n) is 14.2. The lowest BCUT2D eigenvalue weighted by atomic mass is 10.1. The van der Waals surface area contributed by atoms with Gasteiger partial charge in [0.05, 0.1) is 17.1 Å². The molecule has 2 heterocycles. The number of hydrogen-bond acceptors (Lipinski definition) is 3. The van der Waals surface area contributed by atoms with E-state index < -0.39 is 0 Å². The van der Waals surface area contributed by atoms with Crippen LogP contribution < -0.4 is 5.73 Å². The topological polar surface area (TPSA) is 57.9 Å². The second-order valence-corrected chi connectivity index (χ2v) is 6.77. The molecule has 1 atom stereocenters. The number of H-pyrrole nitrogens is 1. The van der Waals surface area contributed by atoms with Crippen molar-refractivity contribution in [2.45, 2.75) is 31.8 Å². The second-order valence-electron chi connectivity index (χ2n) is 6.77. The van der Waals surface area contributed by atoms with Crippen molar-refractivity contribution >= 4 is 11.0 Å². The number of benzene rings is 2. The summed E-state index contributed by atoms with van der Waals surface area (Å²) >= 11 is 0. The van der Waals surface area contributed by atoms with Crippen LogP contribution in [-0.2, 0) is 13.0 Å². The minimum Gasteiger partial charge on any atom is -0.341 e. The van der Waals surface area contributed by atoms with Crippen LogP contribution in [0.1, 0.15) is 35.8 Å². The Morgan fingerprint density at radius 2 is 2.08 bits per heavy atom. The van der Waals surface area contributed by atoms with E-state index in [9.17, 15) is 4.39 Å². The summed E-state index contributed by atoms with van der Waals surface area (Å²) < 4.78 is 13.4. The average molecular weight is 338 g/mol. The van der Waals surface area contributed by atoms with Gasteiger partial charge in [0, 0.05) is 6.54 Å². The van der Waals surface area contributed by atoms with Gasteiger partial charge < -0.3 is 10.7 Å². The number of imidazole rings is 1. The summed E-state index contributed by atoms with van der Waals surface area (Å²) in [6.45, 7) is 2.62. The Morgan fingerprint density at radius 3 is 2.96 bits per heavy atom. The summed E-state index contributed by atoms with van der Waals surface area (Å²) in [4.78, 5) is 10.5. The number of hydrogen-bond donors (Lipinski definition) is 2. The Morgan fingerprint density at radius 1 is 1.20 bits per heavy atom. The zero-order valence-corrected chi connectivity index (χ0v) is 14.2. The Balaban J connectivity index is 1.56. The largest absolute Gasteiger partial charge is 0.341 e. The molecule has 25 heavy (non-hydrogen) atoms. The van der Waals surface area contributed by atoms with Gasteiger partial charge in [-0.2, -0.15) is 0 Å². The maximum atomic E-state index is 13.4. The first-order chi connectivity index (χ1) is 12.2. The highest BCUT2D eigenvalue weighted by atomic mass is 19.1. The van der Waals surface area contributed by atoms with Crippen molar-refractivity contribution < 1.29 is 4.39 Å². The lowest BCUT2D eigenvalue weighted by Gasteiger charge is -2.23. The molecule has 2 aromatic carbocycles. The fourth-order valence-corrected chi connectivity index (χ4v) is 3.77. The first-order valence-electron chi connectivity index (χ1n) is 8.90. The highest BCUT2D eigenvalue weighted by Gasteiger charge is 2.28. The van der Waals surface area contributed by atoms with Crippen LogP contribution in [0.3, 0.4) is 0 Å². The highest BCUT2D eigenvalue weighted by molar-refractivity contribution is 5.75. The second kappa shape index (κ2) is 6.94. The monoisotopic (exact) mass is 338 g/mol. The number of halogens is 1. The number of nitrogens with one attached hydrogen (secondary N) is 1. The summed E-state index contributed by atoms with van der Waals surface area (Å²) in [5.41, 5.74) is 9.86. The molecule has 130 valence electrons. The number of rotatable bonds is 5. The number of aromatic amines is 1. The molecule has 1 saturated heterocycles. The standard InChI is InChI=1S/C20H23FN4/c21-16-6-7-17-18(12-16)24-20(23-17)19-5-2-10-25(19)13-15-4-1-3-14(11-15)8-9-22/h1,3-4,6-7,11-12,19H,2,5,8-10,13,22H2,(H,23,24)/t19-/m0/s1. The molecule has 3 aromatic rings. The molecule has 0 unspecified atom stereocenters. The smallest absolute Gasteiger partial charge is 0.125 e. The average Bonchev–Trinajstić information content (AvgIpc) is 3.21. The minimum atomic E-state index is -0.234. The lowest BCUT2D eigenvalue weighted by molar-refractivity contribution is 0.241. The van der Waals surface area contributed by atoms with Gasteiger partial charge in [0.25, 0.3) is 0 Å². The van der Waals surface area contributed by atoms with E-state index >= 15 is 0 Å². The van der Waals surface area contributed by atoms with E-state index in [0.29, 0.717) is 6.54 Å². The molecule has 0 saturated carbocycles. The molecule has 4 nitrogen and oxygen atoms in total. The SMILES string of the molecule is NCCc1cccc(CN2CCC[C@H]2c2nc3ccc(F)cc3[nH]2)c1. The maximum absolute atomic E-state index is 13.4. The fraction of sp³-hybridized carbons (Fsp3) is 0.350. The van der Waals surface area contributed by atoms with E-state index in [1.807, 2.05) is 0 Å². The summed E-state index contributed by atoms with van der Waals surface area (Å²) in [6.07, 6.45) is 3.13. The van der Waals surface area contributed by atoms with Crippen LogP contribution in [-0.4, -0.2) is 28.0 Å². The number of fused-ring (bicyclic) bond motifs is 1. The molecular weight excluding hydrogens is 315 g/mol. The highest BCUT2D eigenvalue weighted by Crippen LogP contribution is 2.32.